The molecule has 88 valence electrons. The lowest BCUT2D eigenvalue weighted by Gasteiger charge is -2.10. The Labute approximate surface area is 88.5 Å². The van der Waals surface area contributed by atoms with Gasteiger partial charge in [-0.15, -0.1) is 0 Å². The Balaban J connectivity index is 3.36. The first kappa shape index (κ1) is 12.4. The summed E-state index contributed by atoms with van der Waals surface area (Å²) in [6.07, 6.45) is -5.86. The van der Waals surface area contributed by atoms with Gasteiger partial charge >= 0.3 is 6.18 Å². The molecule has 1 aromatic rings. The maximum absolute atomic E-state index is 12.4. The number of nitro groups is 1. The Kier molecular flexibility index (Phi) is 3.18. The minimum atomic E-state index is -4.67. The molecule has 0 bridgehead atoms. The van der Waals surface area contributed by atoms with Gasteiger partial charge in [0.25, 0.3) is 5.69 Å². The zero-order chi connectivity index (χ0) is 12.5. The summed E-state index contributed by atoms with van der Waals surface area (Å²) in [5.41, 5.74) is -1.97. The lowest BCUT2D eigenvalue weighted by molar-refractivity contribution is -0.385. The van der Waals surface area contributed by atoms with Crippen LogP contribution >= 0.6 is 0 Å². The fourth-order valence-corrected chi connectivity index (χ4v) is 1.14. The van der Waals surface area contributed by atoms with Gasteiger partial charge < -0.3 is 5.11 Å². The van der Waals surface area contributed by atoms with Gasteiger partial charge in [0.2, 0.25) is 0 Å². The monoisotopic (exact) mass is 235 g/mol. The summed E-state index contributed by atoms with van der Waals surface area (Å²) >= 11 is 0. The first-order valence-corrected chi connectivity index (χ1v) is 4.26. The third-order valence-corrected chi connectivity index (χ3v) is 1.96. The van der Waals surface area contributed by atoms with Gasteiger partial charge in [0.05, 0.1) is 16.6 Å². The maximum atomic E-state index is 12.4. The molecule has 7 heteroatoms. The molecule has 1 rings (SSSR count). The normalized spacial score (nSPS) is 13.6. The van der Waals surface area contributed by atoms with Gasteiger partial charge in [-0.05, 0) is 18.6 Å². The van der Waals surface area contributed by atoms with Gasteiger partial charge in [0, 0.05) is 12.1 Å². The number of benzene rings is 1. The molecule has 0 heterocycles. The summed E-state index contributed by atoms with van der Waals surface area (Å²) in [5, 5.41) is 19.5. The van der Waals surface area contributed by atoms with Crippen LogP contribution in [-0.2, 0) is 6.18 Å². The van der Waals surface area contributed by atoms with E-state index in [4.69, 9.17) is 5.11 Å². The third kappa shape index (κ3) is 2.69. The van der Waals surface area contributed by atoms with Crippen molar-refractivity contribution in [3.05, 3.63) is 39.4 Å². The van der Waals surface area contributed by atoms with Crippen molar-refractivity contribution in [1.29, 1.82) is 0 Å². The molecule has 0 aromatic heterocycles. The Morgan fingerprint density at radius 2 is 1.94 bits per heavy atom. The fraction of sp³-hybridized carbons (Fsp3) is 0.333. The number of hydrogen-bond donors (Lipinski definition) is 1. The number of aliphatic hydroxyl groups excluding tert-OH is 1. The molecule has 4 nitrogen and oxygen atoms in total. The topological polar surface area (TPSA) is 63.4 Å². The Morgan fingerprint density at radius 3 is 2.31 bits per heavy atom. The van der Waals surface area contributed by atoms with Crippen molar-refractivity contribution in [2.24, 2.45) is 0 Å². The molecular weight excluding hydrogens is 227 g/mol. The van der Waals surface area contributed by atoms with Crippen LogP contribution in [0.15, 0.2) is 18.2 Å². The van der Waals surface area contributed by atoms with Crippen LogP contribution in [0.25, 0.3) is 0 Å². The molecule has 0 radical (unpaired) electrons. The Bertz CT molecular complexity index is 415. The molecule has 0 aliphatic heterocycles. The molecule has 0 aliphatic rings. The van der Waals surface area contributed by atoms with E-state index in [9.17, 15) is 23.3 Å². The molecule has 0 fully saturated rings. The number of non-ortho nitro benzene ring substituents is 1. The van der Waals surface area contributed by atoms with Gasteiger partial charge in [0.15, 0.2) is 0 Å². The van der Waals surface area contributed by atoms with Crippen LogP contribution in [0.5, 0.6) is 0 Å². The minimum absolute atomic E-state index is 0.137. The van der Waals surface area contributed by atoms with Crippen molar-refractivity contribution < 1.29 is 23.2 Å². The van der Waals surface area contributed by atoms with Crippen LogP contribution in [0.3, 0.4) is 0 Å². The minimum Gasteiger partial charge on any atom is -0.389 e. The lowest BCUT2D eigenvalue weighted by Crippen LogP contribution is -2.07. The molecule has 0 amide bonds. The smallest absolute Gasteiger partial charge is 0.389 e. The molecule has 0 saturated carbocycles. The molecule has 1 N–H and O–H groups in total. The first-order chi connectivity index (χ1) is 7.21. The van der Waals surface area contributed by atoms with Gasteiger partial charge in [-0.1, -0.05) is 0 Å². The number of alkyl halides is 3. The number of aliphatic hydroxyl groups is 1. The second-order valence-electron chi connectivity index (χ2n) is 3.24. The predicted molar refractivity (Wildman–Crippen MR) is 48.7 cm³/mol. The van der Waals surface area contributed by atoms with Crippen molar-refractivity contribution >= 4 is 5.69 Å². The molecule has 1 atom stereocenters. The second-order valence-corrected chi connectivity index (χ2v) is 3.24. The highest BCUT2D eigenvalue weighted by molar-refractivity contribution is 5.41. The summed E-state index contributed by atoms with van der Waals surface area (Å²) in [5.74, 6) is 0. The van der Waals surface area contributed by atoms with E-state index >= 15 is 0 Å². The maximum Gasteiger partial charge on any atom is 0.416 e. The largest absolute Gasteiger partial charge is 0.416 e. The van der Waals surface area contributed by atoms with Crippen LogP contribution in [-0.4, -0.2) is 10.0 Å². The van der Waals surface area contributed by atoms with E-state index < -0.39 is 28.5 Å². The predicted octanol–water partition coefficient (Wildman–Crippen LogP) is 2.67. The highest BCUT2D eigenvalue weighted by Gasteiger charge is 2.33. The quantitative estimate of drug-likeness (QED) is 0.633. The molecule has 16 heavy (non-hydrogen) atoms. The van der Waals surface area contributed by atoms with E-state index in [0.717, 1.165) is 6.07 Å². The van der Waals surface area contributed by atoms with Crippen molar-refractivity contribution in [1.82, 2.24) is 0 Å². The zero-order valence-electron chi connectivity index (χ0n) is 8.15. The molecule has 0 aliphatic carbocycles. The highest BCUT2D eigenvalue weighted by Crippen LogP contribution is 2.33. The van der Waals surface area contributed by atoms with E-state index in [-0.39, 0.29) is 5.56 Å². The Morgan fingerprint density at radius 1 is 1.38 bits per heavy atom. The number of nitrogens with zero attached hydrogens (tertiary/aromatic N) is 1. The number of nitro benzene ring substituents is 1. The summed E-state index contributed by atoms with van der Waals surface area (Å²) in [4.78, 5) is 9.48. The van der Waals surface area contributed by atoms with Gasteiger partial charge in [-0.3, -0.25) is 10.1 Å². The molecule has 0 spiro atoms. The average molecular weight is 235 g/mol. The fourth-order valence-electron chi connectivity index (χ4n) is 1.14. The van der Waals surface area contributed by atoms with Crippen molar-refractivity contribution in [3.8, 4) is 0 Å². The van der Waals surface area contributed by atoms with Crippen molar-refractivity contribution in [2.45, 2.75) is 19.2 Å². The van der Waals surface area contributed by atoms with E-state index in [0.29, 0.717) is 12.1 Å². The van der Waals surface area contributed by atoms with Crippen molar-refractivity contribution in [2.75, 3.05) is 0 Å². The summed E-state index contributed by atoms with van der Waals surface area (Å²) in [6.45, 7) is 1.24. The standard InChI is InChI=1S/C9H8F3NO3/c1-5(14)6-2-7(9(10,11)12)4-8(3-6)13(15)16/h2-5,14H,1H3/t5-/m0/s1. The number of hydrogen-bond acceptors (Lipinski definition) is 3. The van der Waals surface area contributed by atoms with E-state index in [1.807, 2.05) is 0 Å². The molecule has 0 saturated heterocycles. The Hall–Kier alpha value is -1.63. The van der Waals surface area contributed by atoms with Crippen molar-refractivity contribution in [3.63, 3.8) is 0 Å². The number of halogens is 3. The van der Waals surface area contributed by atoms with Crippen LogP contribution in [0.2, 0.25) is 0 Å². The zero-order valence-corrected chi connectivity index (χ0v) is 8.15. The lowest BCUT2D eigenvalue weighted by atomic mass is 10.1. The molecular formula is C9H8F3NO3. The first-order valence-electron chi connectivity index (χ1n) is 4.26. The van der Waals surface area contributed by atoms with Gasteiger partial charge in [-0.25, -0.2) is 0 Å². The van der Waals surface area contributed by atoms with E-state index in [1.165, 1.54) is 6.92 Å². The van der Waals surface area contributed by atoms with Crippen LogP contribution in [0, 0.1) is 10.1 Å². The third-order valence-electron chi connectivity index (χ3n) is 1.96. The van der Waals surface area contributed by atoms with Gasteiger partial charge in [-0.2, -0.15) is 13.2 Å². The SMILES string of the molecule is C[C@H](O)c1cc([N+](=O)[O-])cc(C(F)(F)F)c1. The van der Waals surface area contributed by atoms with Gasteiger partial charge in [0.1, 0.15) is 0 Å². The van der Waals surface area contributed by atoms with Crippen LogP contribution in [0.4, 0.5) is 18.9 Å². The summed E-state index contributed by atoms with van der Waals surface area (Å²) in [7, 11) is 0. The highest BCUT2D eigenvalue weighted by atomic mass is 19.4. The second kappa shape index (κ2) is 4.09. The summed E-state index contributed by atoms with van der Waals surface area (Å²) in [6, 6.07) is 2.05. The molecule has 1 aromatic carbocycles. The number of rotatable bonds is 2. The molecule has 0 unspecified atom stereocenters. The van der Waals surface area contributed by atoms with E-state index in [2.05, 4.69) is 0 Å². The van der Waals surface area contributed by atoms with Crippen LogP contribution in [0.1, 0.15) is 24.2 Å². The van der Waals surface area contributed by atoms with E-state index in [1.54, 1.807) is 0 Å². The average Bonchev–Trinajstić information content (AvgIpc) is 2.15. The van der Waals surface area contributed by atoms with Crippen LogP contribution < -0.4 is 0 Å². The summed E-state index contributed by atoms with van der Waals surface area (Å²) < 4.78 is 37.1.